The molecule has 0 bridgehead atoms. The molecular formula is C15H16O4. The molecule has 0 aromatic heterocycles. The number of phenols is 1. The Balaban J connectivity index is 2.03. The summed E-state index contributed by atoms with van der Waals surface area (Å²) in [7, 11) is 3.13. The van der Waals surface area contributed by atoms with E-state index in [0.29, 0.717) is 12.4 Å². The number of ether oxygens (including phenoxy) is 3. The number of phenolic OH excluding ortho intramolecular Hbond substituents is 1. The lowest BCUT2D eigenvalue weighted by Gasteiger charge is -2.09. The number of hydrogen-bond donors (Lipinski definition) is 1. The molecule has 0 heterocycles. The van der Waals surface area contributed by atoms with Crippen molar-refractivity contribution >= 4 is 0 Å². The van der Waals surface area contributed by atoms with Gasteiger partial charge in [0.25, 0.3) is 0 Å². The van der Waals surface area contributed by atoms with Crippen LogP contribution in [0.1, 0.15) is 5.56 Å². The topological polar surface area (TPSA) is 47.9 Å². The van der Waals surface area contributed by atoms with Gasteiger partial charge in [-0.2, -0.15) is 0 Å². The van der Waals surface area contributed by atoms with Crippen molar-refractivity contribution < 1.29 is 19.3 Å². The van der Waals surface area contributed by atoms with Crippen molar-refractivity contribution in [3.63, 3.8) is 0 Å². The molecule has 0 unspecified atom stereocenters. The number of methoxy groups -OCH3 is 2. The molecule has 0 spiro atoms. The van der Waals surface area contributed by atoms with Crippen LogP contribution in [0, 0.1) is 0 Å². The van der Waals surface area contributed by atoms with Crippen LogP contribution in [0.25, 0.3) is 0 Å². The van der Waals surface area contributed by atoms with Crippen LogP contribution in [0.5, 0.6) is 23.0 Å². The van der Waals surface area contributed by atoms with Crippen molar-refractivity contribution in [1.29, 1.82) is 0 Å². The van der Waals surface area contributed by atoms with Crippen molar-refractivity contribution in [3.05, 3.63) is 48.0 Å². The summed E-state index contributed by atoms with van der Waals surface area (Å²) in [4.78, 5) is 0. The summed E-state index contributed by atoms with van der Waals surface area (Å²) in [5.74, 6) is 2.02. The molecule has 4 heteroatoms. The average Bonchev–Trinajstić information content (AvgIpc) is 2.45. The third-order valence-corrected chi connectivity index (χ3v) is 2.69. The largest absolute Gasteiger partial charge is 0.504 e. The van der Waals surface area contributed by atoms with E-state index in [2.05, 4.69) is 0 Å². The molecular weight excluding hydrogens is 244 g/mol. The van der Waals surface area contributed by atoms with Crippen molar-refractivity contribution in [2.24, 2.45) is 0 Å². The Hall–Kier alpha value is -2.36. The highest BCUT2D eigenvalue weighted by atomic mass is 16.5. The van der Waals surface area contributed by atoms with Crippen LogP contribution >= 0.6 is 0 Å². The van der Waals surface area contributed by atoms with Crippen LogP contribution in [0.15, 0.2) is 42.5 Å². The summed E-state index contributed by atoms with van der Waals surface area (Å²) in [5.41, 5.74) is 0.862. The fourth-order valence-electron chi connectivity index (χ4n) is 1.68. The second-order valence-corrected chi connectivity index (χ2v) is 3.97. The van der Waals surface area contributed by atoms with Gasteiger partial charge in [0.15, 0.2) is 11.5 Å². The first kappa shape index (κ1) is 13.1. The molecule has 0 saturated carbocycles. The minimum Gasteiger partial charge on any atom is -0.504 e. The molecule has 0 atom stereocenters. The van der Waals surface area contributed by atoms with E-state index in [0.717, 1.165) is 17.1 Å². The molecule has 2 aromatic rings. The van der Waals surface area contributed by atoms with E-state index >= 15 is 0 Å². The van der Waals surface area contributed by atoms with E-state index in [1.807, 2.05) is 30.3 Å². The monoisotopic (exact) mass is 260 g/mol. The quantitative estimate of drug-likeness (QED) is 0.897. The fraction of sp³-hybridized carbons (Fsp3) is 0.200. The number of hydrogen-bond acceptors (Lipinski definition) is 4. The molecule has 0 amide bonds. The van der Waals surface area contributed by atoms with Gasteiger partial charge < -0.3 is 19.3 Å². The number of rotatable bonds is 5. The van der Waals surface area contributed by atoms with Gasteiger partial charge in [-0.3, -0.25) is 0 Å². The first-order valence-corrected chi connectivity index (χ1v) is 5.85. The maximum atomic E-state index is 9.67. The van der Waals surface area contributed by atoms with E-state index in [-0.39, 0.29) is 5.75 Å². The Morgan fingerprint density at radius 1 is 0.947 bits per heavy atom. The fourth-order valence-corrected chi connectivity index (χ4v) is 1.68. The molecule has 1 N–H and O–H groups in total. The van der Waals surface area contributed by atoms with Gasteiger partial charge in [0.1, 0.15) is 18.1 Å². The normalized spacial score (nSPS) is 10.0. The molecule has 4 nitrogen and oxygen atoms in total. The second kappa shape index (κ2) is 6.00. The van der Waals surface area contributed by atoms with Crippen molar-refractivity contribution in [3.8, 4) is 23.0 Å². The molecule has 2 rings (SSSR count). The molecule has 0 radical (unpaired) electrons. The van der Waals surface area contributed by atoms with Gasteiger partial charge in [0.05, 0.1) is 14.2 Å². The molecule has 0 aliphatic heterocycles. The van der Waals surface area contributed by atoms with Gasteiger partial charge in [0, 0.05) is 6.07 Å². The van der Waals surface area contributed by atoms with Gasteiger partial charge in [0.2, 0.25) is 0 Å². The first-order chi connectivity index (χ1) is 9.22. The van der Waals surface area contributed by atoms with E-state index in [1.165, 1.54) is 7.11 Å². The predicted molar refractivity (Wildman–Crippen MR) is 72.0 cm³/mol. The van der Waals surface area contributed by atoms with Crippen LogP contribution in [-0.2, 0) is 6.61 Å². The van der Waals surface area contributed by atoms with Crippen LogP contribution in [0.4, 0.5) is 0 Å². The Labute approximate surface area is 112 Å². The number of benzene rings is 2. The molecule has 0 aliphatic rings. The molecule has 0 fully saturated rings. The van der Waals surface area contributed by atoms with Crippen LogP contribution < -0.4 is 14.2 Å². The summed E-state index contributed by atoms with van der Waals surface area (Å²) in [5, 5.41) is 9.67. The molecule has 0 saturated heterocycles. The standard InChI is InChI=1S/C15H16O4/c1-17-12-4-3-5-13(9-12)19-10-11-6-7-15(18-2)14(16)8-11/h3-9,16H,10H2,1-2H3. The van der Waals surface area contributed by atoms with Gasteiger partial charge in [-0.25, -0.2) is 0 Å². The summed E-state index contributed by atoms with van der Waals surface area (Å²) >= 11 is 0. The van der Waals surface area contributed by atoms with E-state index in [9.17, 15) is 5.11 Å². The Kier molecular flexibility index (Phi) is 4.13. The molecule has 0 aliphatic carbocycles. The molecule has 19 heavy (non-hydrogen) atoms. The summed E-state index contributed by atoms with van der Waals surface area (Å²) in [6.07, 6.45) is 0. The maximum Gasteiger partial charge on any atom is 0.160 e. The Morgan fingerprint density at radius 2 is 1.74 bits per heavy atom. The minimum absolute atomic E-state index is 0.106. The summed E-state index contributed by atoms with van der Waals surface area (Å²) in [6.45, 7) is 0.366. The van der Waals surface area contributed by atoms with Crippen molar-refractivity contribution in [2.75, 3.05) is 14.2 Å². The Morgan fingerprint density at radius 3 is 2.42 bits per heavy atom. The number of aromatic hydroxyl groups is 1. The smallest absolute Gasteiger partial charge is 0.160 e. The highest BCUT2D eigenvalue weighted by Gasteiger charge is 2.03. The zero-order chi connectivity index (χ0) is 13.7. The van der Waals surface area contributed by atoms with Crippen LogP contribution in [-0.4, -0.2) is 19.3 Å². The minimum atomic E-state index is 0.106. The highest BCUT2D eigenvalue weighted by Crippen LogP contribution is 2.27. The molecule has 2 aromatic carbocycles. The third kappa shape index (κ3) is 3.31. The average molecular weight is 260 g/mol. The first-order valence-electron chi connectivity index (χ1n) is 5.85. The zero-order valence-electron chi connectivity index (χ0n) is 10.9. The lowest BCUT2D eigenvalue weighted by atomic mass is 10.2. The van der Waals surface area contributed by atoms with Gasteiger partial charge in [-0.05, 0) is 29.8 Å². The van der Waals surface area contributed by atoms with Crippen LogP contribution in [0.3, 0.4) is 0 Å². The third-order valence-electron chi connectivity index (χ3n) is 2.69. The predicted octanol–water partition coefficient (Wildman–Crippen LogP) is 2.99. The van der Waals surface area contributed by atoms with Gasteiger partial charge in [-0.1, -0.05) is 12.1 Å². The second-order valence-electron chi connectivity index (χ2n) is 3.97. The SMILES string of the molecule is COc1cccc(OCc2ccc(OC)c(O)c2)c1. The van der Waals surface area contributed by atoms with Crippen molar-refractivity contribution in [2.45, 2.75) is 6.61 Å². The molecule has 100 valence electrons. The summed E-state index contributed by atoms with van der Waals surface area (Å²) < 4.78 is 15.7. The van der Waals surface area contributed by atoms with Crippen LogP contribution in [0.2, 0.25) is 0 Å². The highest BCUT2D eigenvalue weighted by molar-refractivity contribution is 5.41. The summed E-state index contributed by atoms with van der Waals surface area (Å²) in [6, 6.07) is 12.6. The van der Waals surface area contributed by atoms with Gasteiger partial charge >= 0.3 is 0 Å². The van der Waals surface area contributed by atoms with Crippen molar-refractivity contribution in [1.82, 2.24) is 0 Å². The lowest BCUT2D eigenvalue weighted by molar-refractivity contribution is 0.302. The maximum absolute atomic E-state index is 9.67. The van der Waals surface area contributed by atoms with Gasteiger partial charge in [-0.15, -0.1) is 0 Å². The van der Waals surface area contributed by atoms with E-state index in [4.69, 9.17) is 14.2 Å². The lowest BCUT2D eigenvalue weighted by Crippen LogP contribution is -1.96. The Bertz CT molecular complexity index is 552. The van der Waals surface area contributed by atoms with E-state index < -0.39 is 0 Å². The van der Waals surface area contributed by atoms with E-state index in [1.54, 1.807) is 19.2 Å². The zero-order valence-corrected chi connectivity index (χ0v) is 10.9.